The van der Waals surface area contributed by atoms with Crippen molar-refractivity contribution in [3.8, 4) is 0 Å². The van der Waals surface area contributed by atoms with E-state index in [2.05, 4.69) is 9.46 Å². The number of hydrogen-bond donors (Lipinski definition) is 2. The Bertz CT molecular complexity index is 620. The third kappa shape index (κ3) is 4.92. The highest BCUT2D eigenvalue weighted by Crippen LogP contribution is 2.19. The average molecular weight is 341 g/mol. The first kappa shape index (κ1) is 19.8. The minimum Gasteiger partial charge on any atom is -0.465 e. The topological polar surface area (TPSA) is 98.5 Å². The van der Waals surface area contributed by atoms with Crippen molar-refractivity contribution in [3.05, 3.63) is 29.6 Å². The third-order valence-corrected chi connectivity index (χ3v) is 4.31. The summed E-state index contributed by atoms with van der Waals surface area (Å²) < 4.78 is 44.5. The second kappa shape index (κ2) is 7.17. The van der Waals surface area contributed by atoms with E-state index in [1.54, 1.807) is 13.8 Å². The summed E-state index contributed by atoms with van der Waals surface area (Å²) in [6.07, 6.45) is 0. The van der Waals surface area contributed by atoms with Gasteiger partial charge < -0.3 is 10.5 Å². The molecule has 1 aromatic rings. The third-order valence-electron chi connectivity index (χ3n) is 2.56. The van der Waals surface area contributed by atoms with Gasteiger partial charge in [0.05, 0.1) is 17.6 Å². The van der Waals surface area contributed by atoms with Crippen molar-refractivity contribution in [1.82, 2.24) is 4.72 Å². The summed E-state index contributed by atoms with van der Waals surface area (Å²) >= 11 is 0. The highest BCUT2D eigenvalue weighted by atomic mass is 35.5. The smallest absolute Gasteiger partial charge is 0.339 e. The van der Waals surface area contributed by atoms with E-state index in [-0.39, 0.29) is 29.4 Å². The molecular weight excluding hydrogens is 323 g/mol. The molecule has 120 valence electrons. The van der Waals surface area contributed by atoms with Gasteiger partial charge in [0.2, 0.25) is 10.0 Å². The number of hydrogen-bond acceptors (Lipinski definition) is 5. The van der Waals surface area contributed by atoms with Crippen molar-refractivity contribution < 1.29 is 22.3 Å². The Hall–Kier alpha value is -1.22. The van der Waals surface area contributed by atoms with Gasteiger partial charge in [-0.3, -0.25) is 0 Å². The second-order valence-electron chi connectivity index (χ2n) is 4.83. The van der Waals surface area contributed by atoms with Crippen molar-refractivity contribution in [2.75, 3.05) is 13.7 Å². The molecule has 1 aromatic carbocycles. The van der Waals surface area contributed by atoms with Crippen LogP contribution in [-0.2, 0) is 14.8 Å². The van der Waals surface area contributed by atoms with Crippen LogP contribution in [0.2, 0.25) is 0 Å². The molecule has 21 heavy (non-hydrogen) atoms. The number of halogens is 2. The molecule has 3 N–H and O–H groups in total. The Balaban J connectivity index is 0.00000400. The normalized spacial score (nSPS) is 11.7. The van der Waals surface area contributed by atoms with Gasteiger partial charge in [-0.1, -0.05) is 0 Å². The highest BCUT2D eigenvalue weighted by Gasteiger charge is 2.29. The van der Waals surface area contributed by atoms with Gasteiger partial charge in [-0.05, 0) is 32.0 Å². The van der Waals surface area contributed by atoms with Crippen LogP contribution in [0.5, 0.6) is 0 Å². The molecule has 0 unspecified atom stereocenters. The van der Waals surface area contributed by atoms with Crippen LogP contribution in [-0.4, -0.2) is 33.6 Å². The summed E-state index contributed by atoms with van der Waals surface area (Å²) in [6, 6.07) is 2.78. The van der Waals surface area contributed by atoms with E-state index in [9.17, 15) is 17.6 Å². The lowest BCUT2D eigenvalue weighted by Crippen LogP contribution is -2.48. The minimum absolute atomic E-state index is 0. The van der Waals surface area contributed by atoms with Crippen LogP contribution in [0.25, 0.3) is 0 Å². The molecule has 0 saturated carbocycles. The zero-order valence-electron chi connectivity index (χ0n) is 11.8. The second-order valence-corrected chi connectivity index (χ2v) is 6.48. The number of methoxy groups -OCH3 is 1. The fourth-order valence-corrected chi connectivity index (χ4v) is 3.07. The van der Waals surface area contributed by atoms with Crippen molar-refractivity contribution in [3.63, 3.8) is 0 Å². The largest absolute Gasteiger partial charge is 0.465 e. The van der Waals surface area contributed by atoms with E-state index >= 15 is 0 Å². The van der Waals surface area contributed by atoms with Gasteiger partial charge in [-0.15, -0.1) is 12.4 Å². The lowest BCUT2D eigenvalue weighted by atomic mass is 10.1. The maximum Gasteiger partial charge on any atom is 0.339 e. The maximum absolute atomic E-state index is 13.2. The van der Waals surface area contributed by atoms with Crippen LogP contribution >= 0.6 is 12.4 Å². The van der Waals surface area contributed by atoms with E-state index in [0.29, 0.717) is 0 Å². The predicted molar refractivity (Wildman–Crippen MR) is 78.4 cm³/mol. The first-order valence-corrected chi connectivity index (χ1v) is 7.23. The molecule has 0 atom stereocenters. The summed E-state index contributed by atoms with van der Waals surface area (Å²) in [6.45, 7) is 3.23. The van der Waals surface area contributed by atoms with Crippen LogP contribution in [0.1, 0.15) is 24.2 Å². The molecule has 0 aliphatic carbocycles. The summed E-state index contributed by atoms with van der Waals surface area (Å²) in [4.78, 5) is 11.2. The molecule has 0 heterocycles. The van der Waals surface area contributed by atoms with Gasteiger partial charge >= 0.3 is 5.97 Å². The van der Waals surface area contributed by atoms with Gasteiger partial charge in [-0.2, -0.15) is 0 Å². The zero-order valence-corrected chi connectivity index (χ0v) is 13.5. The zero-order chi connectivity index (χ0) is 15.6. The highest BCUT2D eigenvalue weighted by molar-refractivity contribution is 7.89. The number of nitrogens with one attached hydrogen (secondary N) is 1. The lowest BCUT2D eigenvalue weighted by molar-refractivity contribution is 0.0595. The molecule has 9 heteroatoms. The first-order valence-electron chi connectivity index (χ1n) is 5.75. The van der Waals surface area contributed by atoms with Crippen molar-refractivity contribution in [2.24, 2.45) is 5.73 Å². The lowest BCUT2D eigenvalue weighted by Gasteiger charge is -2.24. The average Bonchev–Trinajstić information content (AvgIpc) is 2.36. The number of esters is 1. The van der Waals surface area contributed by atoms with E-state index < -0.39 is 27.3 Å². The van der Waals surface area contributed by atoms with Gasteiger partial charge in [0, 0.05) is 12.1 Å². The first-order chi connectivity index (χ1) is 9.13. The molecule has 0 spiro atoms. The molecule has 0 saturated heterocycles. The molecule has 0 radical (unpaired) electrons. The van der Waals surface area contributed by atoms with Crippen LogP contribution in [0.4, 0.5) is 4.39 Å². The van der Waals surface area contributed by atoms with E-state index in [1.807, 2.05) is 0 Å². The Kier molecular flexibility index (Phi) is 6.75. The quantitative estimate of drug-likeness (QED) is 0.781. The Morgan fingerprint density at radius 3 is 2.48 bits per heavy atom. The van der Waals surface area contributed by atoms with Crippen LogP contribution in [0, 0.1) is 5.82 Å². The van der Waals surface area contributed by atoms with Crippen molar-refractivity contribution in [2.45, 2.75) is 24.3 Å². The van der Waals surface area contributed by atoms with Gasteiger partial charge in [-0.25, -0.2) is 22.3 Å². The number of carbonyl (C=O) groups is 1. The van der Waals surface area contributed by atoms with Crippen molar-refractivity contribution >= 4 is 28.4 Å². The maximum atomic E-state index is 13.2. The van der Waals surface area contributed by atoms with E-state index in [1.165, 1.54) is 0 Å². The summed E-state index contributed by atoms with van der Waals surface area (Å²) in [7, 11) is -2.95. The van der Waals surface area contributed by atoms with Gasteiger partial charge in [0.15, 0.2) is 0 Å². The summed E-state index contributed by atoms with van der Waals surface area (Å²) in [5, 5.41) is 0. The molecule has 0 aliphatic rings. The Morgan fingerprint density at radius 2 is 2.00 bits per heavy atom. The number of ether oxygens (including phenoxy) is 1. The Morgan fingerprint density at radius 1 is 1.43 bits per heavy atom. The number of sulfonamides is 1. The SMILES string of the molecule is COC(=O)c1cc(F)ccc1S(=O)(=O)NC(C)(C)CN.Cl. The van der Waals surface area contributed by atoms with Crippen molar-refractivity contribution in [1.29, 1.82) is 0 Å². The number of carbonyl (C=O) groups excluding carboxylic acids is 1. The van der Waals surface area contributed by atoms with E-state index in [4.69, 9.17) is 5.73 Å². The van der Waals surface area contributed by atoms with E-state index in [0.717, 1.165) is 25.3 Å². The molecular formula is C12H18ClFN2O4S. The van der Waals surface area contributed by atoms with Gasteiger partial charge in [0.1, 0.15) is 5.82 Å². The molecule has 0 aromatic heterocycles. The molecule has 1 rings (SSSR count). The molecule has 0 amide bonds. The predicted octanol–water partition coefficient (Wildman–Crippen LogP) is 1.05. The fraction of sp³-hybridized carbons (Fsp3) is 0.417. The fourth-order valence-electron chi connectivity index (χ4n) is 1.47. The number of nitrogens with two attached hydrogens (primary N) is 1. The summed E-state index contributed by atoms with van der Waals surface area (Å²) in [5.74, 6) is -1.67. The monoisotopic (exact) mass is 340 g/mol. The standard InChI is InChI=1S/C12H17FN2O4S.ClH/c1-12(2,7-14)15-20(17,18)10-5-4-8(13)6-9(10)11(16)19-3;/h4-6,15H,7,14H2,1-3H3;1H. The molecule has 0 bridgehead atoms. The number of benzene rings is 1. The molecule has 0 fully saturated rings. The minimum atomic E-state index is -4.03. The van der Waals surface area contributed by atoms with Gasteiger partial charge in [0.25, 0.3) is 0 Å². The molecule has 6 nitrogen and oxygen atoms in total. The molecule has 0 aliphatic heterocycles. The Labute approximate surface area is 129 Å². The van der Waals surface area contributed by atoms with Crippen LogP contribution in [0.15, 0.2) is 23.1 Å². The number of rotatable bonds is 5. The van der Waals surface area contributed by atoms with Crippen LogP contribution in [0.3, 0.4) is 0 Å². The van der Waals surface area contributed by atoms with Crippen LogP contribution < -0.4 is 10.5 Å². The summed E-state index contributed by atoms with van der Waals surface area (Å²) in [5.41, 5.74) is 4.19.